The first-order valence-electron chi connectivity index (χ1n) is 6.44. The van der Waals surface area contributed by atoms with Crippen LogP contribution in [0.4, 0.5) is 0 Å². The lowest BCUT2D eigenvalue weighted by Crippen LogP contribution is -2.17. The number of hydrogen-bond donors (Lipinski definition) is 1. The molecule has 1 fully saturated rings. The molecule has 0 aromatic carbocycles. The highest BCUT2D eigenvalue weighted by Gasteiger charge is 2.20. The topological polar surface area (TPSA) is 42.7 Å². The van der Waals surface area contributed by atoms with E-state index >= 15 is 0 Å². The molecule has 0 amide bonds. The minimum atomic E-state index is 0.714. The molecule has 0 radical (unpaired) electrons. The van der Waals surface area contributed by atoms with Gasteiger partial charge in [-0.25, -0.2) is 4.68 Å². The van der Waals surface area contributed by atoms with Crippen LogP contribution in [0.3, 0.4) is 0 Å². The Bertz CT molecular complexity index is 555. The Morgan fingerprint density at radius 1 is 1.39 bits per heavy atom. The fourth-order valence-electron chi connectivity index (χ4n) is 2.17. The lowest BCUT2D eigenvalue weighted by Gasteiger charge is -2.11. The zero-order valence-corrected chi connectivity index (χ0v) is 10.8. The van der Waals surface area contributed by atoms with E-state index in [0.717, 1.165) is 23.6 Å². The van der Waals surface area contributed by atoms with E-state index in [1.54, 1.807) is 0 Å². The largest absolute Gasteiger partial charge is 0.310 e. The molecule has 94 valence electrons. The Morgan fingerprint density at radius 3 is 2.89 bits per heavy atom. The van der Waals surface area contributed by atoms with Crippen LogP contribution in [0.25, 0.3) is 5.69 Å². The molecule has 1 saturated carbocycles. The minimum absolute atomic E-state index is 0.714. The highest BCUT2D eigenvalue weighted by Crippen LogP contribution is 2.21. The molecule has 3 rings (SSSR count). The molecule has 4 heteroatoms. The third kappa shape index (κ3) is 2.29. The van der Waals surface area contributed by atoms with Gasteiger partial charge in [-0.2, -0.15) is 5.10 Å². The standard InChI is InChI=1S/C14H18N4/c1-10-7-11(2)18(17-10)14-9-15-6-5-12(14)8-16-13-3-4-13/h5-7,9,13,16H,3-4,8H2,1-2H3. The fraction of sp³-hybridized carbons (Fsp3) is 0.429. The molecule has 1 aliphatic rings. The molecule has 4 nitrogen and oxygen atoms in total. The molecule has 2 heterocycles. The van der Waals surface area contributed by atoms with E-state index in [-0.39, 0.29) is 0 Å². The van der Waals surface area contributed by atoms with Gasteiger partial charge in [0.1, 0.15) is 0 Å². The lowest BCUT2D eigenvalue weighted by molar-refractivity contribution is 0.678. The molecule has 1 N–H and O–H groups in total. The van der Waals surface area contributed by atoms with Gasteiger partial charge in [0.25, 0.3) is 0 Å². The Kier molecular flexibility index (Phi) is 2.88. The third-order valence-electron chi connectivity index (χ3n) is 3.28. The van der Waals surface area contributed by atoms with Gasteiger partial charge in [-0.3, -0.25) is 4.98 Å². The van der Waals surface area contributed by atoms with Crippen LogP contribution in [-0.2, 0) is 6.54 Å². The van der Waals surface area contributed by atoms with Crippen molar-refractivity contribution in [2.75, 3.05) is 0 Å². The van der Waals surface area contributed by atoms with Crippen LogP contribution >= 0.6 is 0 Å². The summed E-state index contributed by atoms with van der Waals surface area (Å²) in [6.07, 6.45) is 6.35. The number of hydrogen-bond acceptors (Lipinski definition) is 3. The summed E-state index contributed by atoms with van der Waals surface area (Å²) in [5, 5.41) is 8.07. The predicted octanol–water partition coefficient (Wildman–Crippen LogP) is 2.14. The maximum atomic E-state index is 4.53. The molecule has 2 aromatic rings. The van der Waals surface area contributed by atoms with Crippen LogP contribution in [0, 0.1) is 13.8 Å². The first-order valence-corrected chi connectivity index (χ1v) is 6.44. The summed E-state index contributed by atoms with van der Waals surface area (Å²) >= 11 is 0. The van der Waals surface area contributed by atoms with Gasteiger partial charge < -0.3 is 5.32 Å². The quantitative estimate of drug-likeness (QED) is 0.893. The number of nitrogens with zero attached hydrogens (tertiary/aromatic N) is 3. The molecular formula is C14H18N4. The number of aromatic nitrogens is 3. The van der Waals surface area contributed by atoms with Crippen LogP contribution in [0.1, 0.15) is 29.8 Å². The maximum absolute atomic E-state index is 4.53. The molecule has 0 bridgehead atoms. The van der Waals surface area contributed by atoms with Crippen LogP contribution < -0.4 is 5.32 Å². The molecular weight excluding hydrogens is 224 g/mol. The average molecular weight is 242 g/mol. The number of pyridine rings is 1. The van der Waals surface area contributed by atoms with Gasteiger partial charge in [0.05, 0.1) is 17.6 Å². The predicted molar refractivity (Wildman–Crippen MR) is 70.7 cm³/mol. The summed E-state index contributed by atoms with van der Waals surface area (Å²) in [7, 11) is 0. The Labute approximate surface area is 107 Å². The second kappa shape index (κ2) is 4.53. The average Bonchev–Trinajstić information content (AvgIpc) is 3.12. The maximum Gasteiger partial charge on any atom is 0.0876 e. The molecule has 0 spiro atoms. The third-order valence-corrected chi connectivity index (χ3v) is 3.28. The second-order valence-electron chi connectivity index (χ2n) is 5.00. The highest BCUT2D eigenvalue weighted by atomic mass is 15.3. The number of nitrogens with one attached hydrogen (secondary N) is 1. The first kappa shape index (κ1) is 11.4. The lowest BCUT2D eigenvalue weighted by atomic mass is 10.2. The van der Waals surface area contributed by atoms with E-state index in [9.17, 15) is 0 Å². The zero-order chi connectivity index (χ0) is 12.5. The van der Waals surface area contributed by atoms with Crippen molar-refractivity contribution >= 4 is 0 Å². The molecule has 0 saturated heterocycles. The highest BCUT2D eigenvalue weighted by molar-refractivity contribution is 5.39. The van der Waals surface area contributed by atoms with Gasteiger partial charge in [-0.15, -0.1) is 0 Å². The first-order chi connectivity index (χ1) is 8.74. The van der Waals surface area contributed by atoms with Crippen molar-refractivity contribution < 1.29 is 0 Å². The second-order valence-corrected chi connectivity index (χ2v) is 5.00. The Balaban J connectivity index is 1.92. The smallest absolute Gasteiger partial charge is 0.0876 e. The number of aryl methyl sites for hydroxylation is 2. The number of rotatable bonds is 4. The van der Waals surface area contributed by atoms with Gasteiger partial charge in [-0.1, -0.05) is 0 Å². The van der Waals surface area contributed by atoms with Crippen LogP contribution in [0.15, 0.2) is 24.5 Å². The normalized spacial score (nSPS) is 15.0. The van der Waals surface area contributed by atoms with Crippen LogP contribution in [-0.4, -0.2) is 20.8 Å². The fourth-order valence-corrected chi connectivity index (χ4v) is 2.17. The van der Waals surface area contributed by atoms with Crippen molar-refractivity contribution in [2.24, 2.45) is 0 Å². The molecule has 18 heavy (non-hydrogen) atoms. The van der Waals surface area contributed by atoms with Crippen molar-refractivity contribution in [2.45, 2.75) is 39.3 Å². The van der Waals surface area contributed by atoms with E-state index in [1.807, 2.05) is 24.0 Å². The molecule has 0 unspecified atom stereocenters. The van der Waals surface area contributed by atoms with E-state index in [1.165, 1.54) is 18.4 Å². The minimum Gasteiger partial charge on any atom is -0.310 e. The molecule has 1 aliphatic carbocycles. The SMILES string of the molecule is Cc1cc(C)n(-c2cnccc2CNC2CC2)n1. The van der Waals surface area contributed by atoms with Crippen LogP contribution in [0.2, 0.25) is 0 Å². The van der Waals surface area contributed by atoms with Gasteiger partial charge in [0, 0.05) is 24.5 Å². The Hall–Kier alpha value is -1.68. The van der Waals surface area contributed by atoms with Crippen molar-refractivity contribution in [1.82, 2.24) is 20.1 Å². The molecule has 2 aromatic heterocycles. The van der Waals surface area contributed by atoms with Gasteiger partial charge >= 0.3 is 0 Å². The van der Waals surface area contributed by atoms with Gasteiger partial charge in [0.2, 0.25) is 0 Å². The van der Waals surface area contributed by atoms with E-state index < -0.39 is 0 Å². The van der Waals surface area contributed by atoms with E-state index in [4.69, 9.17) is 0 Å². The van der Waals surface area contributed by atoms with Crippen molar-refractivity contribution in [3.05, 3.63) is 41.5 Å². The summed E-state index contributed by atoms with van der Waals surface area (Å²) in [6, 6.07) is 4.87. The Morgan fingerprint density at radius 2 is 2.22 bits per heavy atom. The van der Waals surface area contributed by atoms with Crippen molar-refractivity contribution in [3.8, 4) is 5.69 Å². The van der Waals surface area contributed by atoms with Gasteiger partial charge in [0.15, 0.2) is 0 Å². The van der Waals surface area contributed by atoms with Crippen molar-refractivity contribution in [1.29, 1.82) is 0 Å². The summed E-state index contributed by atoms with van der Waals surface area (Å²) in [5.74, 6) is 0. The zero-order valence-electron chi connectivity index (χ0n) is 10.8. The van der Waals surface area contributed by atoms with Gasteiger partial charge in [-0.05, 0) is 44.4 Å². The monoisotopic (exact) mass is 242 g/mol. The van der Waals surface area contributed by atoms with Crippen molar-refractivity contribution in [3.63, 3.8) is 0 Å². The van der Waals surface area contributed by atoms with E-state index in [0.29, 0.717) is 6.04 Å². The summed E-state index contributed by atoms with van der Waals surface area (Å²) in [4.78, 5) is 4.23. The molecule has 0 aliphatic heterocycles. The summed E-state index contributed by atoms with van der Waals surface area (Å²) in [6.45, 7) is 4.98. The molecule has 0 atom stereocenters. The van der Waals surface area contributed by atoms with Crippen LogP contribution in [0.5, 0.6) is 0 Å². The summed E-state index contributed by atoms with van der Waals surface area (Å²) in [5.41, 5.74) is 4.52. The van der Waals surface area contributed by atoms with E-state index in [2.05, 4.69) is 34.5 Å². The summed E-state index contributed by atoms with van der Waals surface area (Å²) < 4.78 is 1.98.